The van der Waals surface area contributed by atoms with Gasteiger partial charge in [-0.2, -0.15) is 26.3 Å². The van der Waals surface area contributed by atoms with Crippen LogP contribution in [0.25, 0.3) is 0 Å². The van der Waals surface area contributed by atoms with Crippen molar-refractivity contribution in [2.24, 2.45) is 0 Å². The Hall–Kier alpha value is -4.58. The molecule has 2 atom stereocenters. The van der Waals surface area contributed by atoms with Crippen molar-refractivity contribution in [2.45, 2.75) is 226 Å². The average molecular weight is 1050 g/mol. The van der Waals surface area contributed by atoms with Crippen LogP contribution in [0.2, 0.25) is 0 Å². The topological polar surface area (TPSA) is 129 Å². The van der Waals surface area contributed by atoms with E-state index in [1.807, 2.05) is 48.5 Å². The molecule has 2 fully saturated rings. The molecule has 18 heteroatoms. The second-order valence-electron chi connectivity index (χ2n) is 21.5. The Kier molecular flexibility index (Phi) is 21.2. The van der Waals surface area contributed by atoms with E-state index in [9.17, 15) is 50.6 Å². The molecular formula is C56H82F6N4O8. The van der Waals surface area contributed by atoms with Crippen molar-refractivity contribution in [2.75, 3.05) is 42.7 Å². The molecule has 2 aromatic rings. The first kappa shape index (κ1) is 60.3. The average Bonchev–Trinajstić information content (AvgIpc) is 3.35. The summed E-state index contributed by atoms with van der Waals surface area (Å²) in [6, 6.07) is 3.36. The summed E-state index contributed by atoms with van der Waals surface area (Å²) in [4.78, 5) is 60.6. The molecule has 4 aliphatic rings. The van der Waals surface area contributed by atoms with Crippen molar-refractivity contribution in [1.82, 2.24) is 9.80 Å². The summed E-state index contributed by atoms with van der Waals surface area (Å²) in [5, 5.41) is 9.83. The van der Waals surface area contributed by atoms with E-state index >= 15 is 0 Å². The number of ether oxygens (including phenoxy) is 3. The number of aliphatic hydroxyl groups excluding tert-OH is 1. The number of halogens is 6. The van der Waals surface area contributed by atoms with Gasteiger partial charge in [-0.3, -0.25) is 19.2 Å². The molecule has 2 heterocycles. The van der Waals surface area contributed by atoms with Crippen molar-refractivity contribution in [3.63, 3.8) is 0 Å². The maximum absolute atomic E-state index is 14.5. The van der Waals surface area contributed by atoms with E-state index in [1.54, 1.807) is 16.7 Å². The summed E-state index contributed by atoms with van der Waals surface area (Å²) in [6.45, 7) is 16.6. The fourth-order valence-electron chi connectivity index (χ4n) is 10.7. The van der Waals surface area contributed by atoms with Crippen molar-refractivity contribution in [1.29, 1.82) is 0 Å². The van der Waals surface area contributed by atoms with Gasteiger partial charge in [0.15, 0.2) is 0 Å². The molecule has 6 rings (SSSR count). The third-order valence-corrected chi connectivity index (χ3v) is 14.7. The first-order chi connectivity index (χ1) is 34.9. The number of carbonyl (C=O) groups is 4. The highest BCUT2D eigenvalue weighted by Gasteiger charge is 2.49. The van der Waals surface area contributed by atoms with Crippen molar-refractivity contribution >= 4 is 35.0 Å². The van der Waals surface area contributed by atoms with Gasteiger partial charge < -0.3 is 38.9 Å². The number of rotatable bonds is 20. The van der Waals surface area contributed by atoms with E-state index < -0.39 is 70.1 Å². The molecule has 12 nitrogen and oxygen atoms in total. The predicted octanol–water partition coefficient (Wildman–Crippen LogP) is 12.9. The number of unbranched alkanes of at least 4 members (excludes halogenated alkanes) is 5. The monoisotopic (exact) mass is 1050 g/mol. The number of aliphatic hydroxyl groups is 1. The summed E-state index contributed by atoms with van der Waals surface area (Å²) in [6.07, 6.45) is 5.91. The van der Waals surface area contributed by atoms with Gasteiger partial charge in [-0.15, -0.1) is 0 Å². The molecule has 1 N–H and O–H groups in total. The number of fused-ring (bicyclic) bond motifs is 2. The molecule has 2 aromatic carbocycles. The van der Waals surface area contributed by atoms with Crippen LogP contribution in [0, 0.1) is 0 Å². The van der Waals surface area contributed by atoms with Crippen LogP contribution in [-0.4, -0.2) is 107 Å². The molecule has 0 aromatic heterocycles. The Morgan fingerprint density at radius 1 is 0.635 bits per heavy atom. The van der Waals surface area contributed by atoms with Gasteiger partial charge in [0, 0.05) is 43.9 Å². The van der Waals surface area contributed by atoms with Crippen LogP contribution >= 0.6 is 0 Å². The Morgan fingerprint density at radius 2 is 1.01 bits per heavy atom. The molecule has 0 saturated heterocycles. The molecule has 0 spiro atoms. The van der Waals surface area contributed by atoms with Gasteiger partial charge in [0.05, 0.1) is 46.8 Å². The van der Waals surface area contributed by atoms with E-state index in [0.29, 0.717) is 26.0 Å². The smallest absolute Gasteiger partial charge is 0.417 e. The number of nitrogens with zero attached hydrogens (tertiary/aromatic N) is 4. The molecule has 416 valence electrons. The number of carbonyl (C=O) groups excluding carboxylic acids is 4. The zero-order valence-corrected chi connectivity index (χ0v) is 45.2. The minimum Gasteiger partial charge on any atom is -0.473 e. The Morgan fingerprint density at radius 3 is 1.36 bits per heavy atom. The molecule has 2 aliphatic heterocycles. The summed E-state index contributed by atoms with van der Waals surface area (Å²) in [5.41, 5.74) is -5.84. The number of hydrogen-bond donors (Lipinski definition) is 1. The normalized spacial score (nSPS) is 20.7. The van der Waals surface area contributed by atoms with Crippen LogP contribution in [0.1, 0.15) is 210 Å². The fourth-order valence-corrected chi connectivity index (χ4v) is 10.7. The third kappa shape index (κ3) is 14.1. The van der Waals surface area contributed by atoms with Gasteiger partial charge in [-0.25, -0.2) is 0 Å². The van der Waals surface area contributed by atoms with Crippen molar-refractivity contribution in [3.8, 4) is 11.5 Å². The SMILES string of the molecule is CCCCCN1C(=O)C(C)(CO)Oc2cc(C(F)(F)F)c(C(=O)N(C(C)C)C3CCCCC3)cc21.CCCCCN1C(=O)C(C)(COCCCC)Oc2cc(C(F)(F)F)c(C(=O)N(C(C)C)C3CCCCC3)cc21. The maximum Gasteiger partial charge on any atom is 0.417 e. The van der Waals surface area contributed by atoms with Crippen LogP contribution in [0.15, 0.2) is 24.3 Å². The fraction of sp³-hybridized carbons (Fsp3) is 0.714. The number of hydrogen-bond acceptors (Lipinski definition) is 8. The highest BCUT2D eigenvalue weighted by Crippen LogP contribution is 2.47. The van der Waals surface area contributed by atoms with E-state index in [0.717, 1.165) is 115 Å². The molecule has 0 radical (unpaired) electrons. The summed E-state index contributed by atoms with van der Waals surface area (Å²) < 4.78 is 103. The van der Waals surface area contributed by atoms with E-state index in [2.05, 4.69) is 0 Å². The first-order valence-electron chi connectivity index (χ1n) is 27.2. The Balaban J connectivity index is 0.000000276. The summed E-state index contributed by atoms with van der Waals surface area (Å²) in [5.74, 6) is -2.44. The first-order valence-corrected chi connectivity index (χ1v) is 27.2. The number of alkyl halides is 6. The summed E-state index contributed by atoms with van der Waals surface area (Å²) >= 11 is 0. The molecule has 0 bridgehead atoms. The maximum atomic E-state index is 14.5. The summed E-state index contributed by atoms with van der Waals surface area (Å²) in [7, 11) is 0. The van der Waals surface area contributed by atoms with Gasteiger partial charge in [-0.1, -0.05) is 91.4 Å². The lowest BCUT2D eigenvalue weighted by atomic mass is 9.92. The zero-order valence-electron chi connectivity index (χ0n) is 45.2. The van der Waals surface area contributed by atoms with Crippen molar-refractivity contribution in [3.05, 3.63) is 46.5 Å². The van der Waals surface area contributed by atoms with Gasteiger partial charge in [-0.05, 0) is 111 Å². The van der Waals surface area contributed by atoms with Crippen LogP contribution in [-0.2, 0) is 26.7 Å². The van der Waals surface area contributed by atoms with Crippen LogP contribution in [0.3, 0.4) is 0 Å². The predicted molar refractivity (Wildman–Crippen MR) is 274 cm³/mol. The lowest BCUT2D eigenvalue weighted by molar-refractivity contribution is -0.141. The van der Waals surface area contributed by atoms with E-state index in [-0.39, 0.29) is 66.1 Å². The van der Waals surface area contributed by atoms with Crippen molar-refractivity contribution < 1.29 is 64.8 Å². The van der Waals surface area contributed by atoms with Gasteiger partial charge in [0.25, 0.3) is 23.6 Å². The van der Waals surface area contributed by atoms with E-state index in [1.165, 1.54) is 28.9 Å². The Labute approximate surface area is 434 Å². The minimum atomic E-state index is -4.80. The van der Waals surface area contributed by atoms with Gasteiger partial charge >= 0.3 is 12.4 Å². The molecule has 2 aliphatic carbocycles. The van der Waals surface area contributed by atoms with Crippen LogP contribution in [0.5, 0.6) is 11.5 Å². The number of benzene rings is 2. The van der Waals surface area contributed by atoms with Gasteiger partial charge in [0.1, 0.15) is 11.5 Å². The molecular weight excluding hydrogens is 971 g/mol. The molecule has 2 saturated carbocycles. The number of amides is 4. The highest BCUT2D eigenvalue weighted by atomic mass is 19.4. The second kappa shape index (κ2) is 26.0. The second-order valence-corrected chi connectivity index (χ2v) is 21.5. The molecule has 4 amide bonds. The van der Waals surface area contributed by atoms with Crippen LogP contribution in [0.4, 0.5) is 37.7 Å². The largest absolute Gasteiger partial charge is 0.473 e. The van der Waals surface area contributed by atoms with Crippen LogP contribution < -0.4 is 19.3 Å². The third-order valence-electron chi connectivity index (χ3n) is 14.7. The number of anilines is 2. The molecule has 2 unspecified atom stereocenters. The zero-order chi connectivity index (χ0) is 54.8. The van der Waals surface area contributed by atoms with Gasteiger partial charge in [0.2, 0.25) is 11.2 Å². The standard InChI is InChI=1S/C30H45F3N2O4.C26H37F3N2O4/c1-6-8-13-16-34-25-18-23(27(36)35(21(3)4)22-14-11-10-12-15-22)24(30(31,32)33)19-26(25)39-29(5,28(34)37)20-38-17-9-7-2;1-5-6-10-13-30-21-14-19(23(33)31(17(2)3)18-11-8-7-9-12-18)20(26(27,28)29)15-22(21)35-25(4,16-32)24(30)34/h18-19,21-22H,6-17,20H2,1-5H3;14-15,17-18,32H,5-13,16H2,1-4H3. The lowest BCUT2D eigenvalue weighted by Gasteiger charge is -2.42. The minimum absolute atomic E-state index is 0.0506. The lowest BCUT2D eigenvalue weighted by Crippen LogP contribution is -2.57. The van der Waals surface area contributed by atoms with E-state index in [4.69, 9.17) is 14.2 Å². The highest BCUT2D eigenvalue weighted by molar-refractivity contribution is 6.06. The molecule has 74 heavy (non-hydrogen) atoms. The Bertz CT molecular complexity index is 2230. The quantitative estimate of drug-likeness (QED) is 0.103.